The molecule has 1 aliphatic rings. The second-order valence-electron chi connectivity index (χ2n) is 3.69. The average Bonchev–Trinajstić information content (AvgIpc) is 2.60. The van der Waals surface area contributed by atoms with Gasteiger partial charge in [-0.3, -0.25) is 0 Å². The summed E-state index contributed by atoms with van der Waals surface area (Å²) in [4.78, 5) is 4.23. The van der Waals surface area contributed by atoms with Gasteiger partial charge in [0.15, 0.2) is 5.82 Å². The predicted molar refractivity (Wildman–Crippen MR) is 50.2 cm³/mol. The van der Waals surface area contributed by atoms with Crippen molar-refractivity contribution < 1.29 is 0 Å². The topological polar surface area (TPSA) is 68.8 Å². The normalized spacial score (nSPS) is 28.2. The Morgan fingerprint density at radius 2 is 2.31 bits per heavy atom. The highest BCUT2D eigenvalue weighted by Gasteiger charge is 2.28. The Bertz CT molecular complexity index is 286. The molecule has 1 saturated heterocycles. The molecular formula is C8H15N5. The van der Waals surface area contributed by atoms with E-state index in [1.807, 2.05) is 7.05 Å². The van der Waals surface area contributed by atoms with Crippen molar-refractivity contribution in [1.82, 2.24) is 20.1 Å². The highest BCUT2D eigenvalue weighted by atomic mass is 15.4. The summed E-state index contributed by atoms with van der Waals surface area (Å²) < 4.78 is 1.63. The number of nitrogen functional groups attached to an aromatic ring is 1. The molecule has 0 amide bonds. The average molecular weight is 181 g/mol. The molecule has 13 heavy (non-hydrogen) atoms. The number of nitrogens with one attached hydrogen (secondary N) is 1. The van der Waals surface area contributed by atoms with Crippen molar-refractivity contribution in [3.8, 4) is 0 Å². The molecule has 5 heteroatoms. The highest BCUT2D eigenvalue weighted by Crippen LogP contribution is 2.25. The van der Waals surface area contributed by atoms with Crippen LogP contribution in [0.3, 0.4) is 0 Å². The van der Waals surface area contributed by atoms with Crippen molar-refractivity contribution in [3.63, 3.8) is 0 Å². The number of anilines is 1. The first-order chi connectivity index (χ1) is 6.18. The third-order valence-corrected chi connectivity index (χ3v) is 2.66. The quantitative estimate of drug-likeness (QED) is 0.625. The van der Waals surface area contributed by atoms with E-state index >= 15 is 0 Å². The van der Waals surface area contributed by atoms with Crippen LogP contribution in [0.4, 0.5) is 5.95 Å². The SMILES string of the molecule is C[C@@H]1CNC[C@H]1c1nc(N)n(C)n1. The van der Waals surface area contributed by atoms with Crippen LogP contribution in [0.2, 0.25) is 0 Å². The molecule has 1 aromatic rings. The highest BCUT2D eigenvalue weighted by molar-refractivity contribution is 5.18. The Labute approximate surface area is 77.3 Å². The van der Waals surface area contributed by atoms with Gasteiger partial charge >= 0.3 is 0 Å². The van der Waals surface area contributed by atoms with E-state index in [1.165, 1.54) is 0 Å². The lowest BCUT2D eigenvalue weighted by Crippen LogP contribution is -2.10. The van der Waals surface area contributed by atoms with Gasteiger partial charge in [0, 0.05) is 19.5 Å². The van der Waals surface area contributed by atoms with E-state index in [4.69, 9.17) is 5.73 Å². The lowest BCUT2D eigenvalue weighted by Gasteiger charge is -2.08. The molecule has 0 spiro atoms. The van der Waals surface area contributed by atoms with Gasteiger partial charge in [0.1, 0.15) is 0 Å². The molecule has 2 rings (SSSR count). The summed E-state index contributed by atoms with van der Waals surface area (Å²) >= 11 is 0. The van der Waals surface area contributed by atoms with E-state index in [-0.39, 0.29) is 0 Å². The van der Waals surface area contributed by atoms with E-state index in [1.54, 1.807) is 4.68 Å². The lowest BCUT2D eigenvalue weighted by molar-refractivity contribution is 0.541. The fourth-order valence-electron chi connectivity index (χ4n) is 1.73. The summed E-state index contributed by atoms with van der Waals surface area (Å²) in [7, 11) is 1.82. The molecular weight excluding hydrogens is 166 g/mol. The summed E-state index contributed by atoms with van der Waals surface area (Å²) in [5.74, 6) is 2.39. The van der Waals surface area contributed by atoms with Gasteiger partial charge in [-0.1, -0.05) is 6.92 Å². The third-order valence-electron chi connectivity index (χ3n) is 2.66. The zero-order valence-corrected chi connectivity index (χ0v) is 7.99. The first-order valence-electron chi connectivity index (χ1n) is 4.55. The minimum Gasteiger partial charge on any atom is -0.368 e. The van der Waals surface area contributed by atoms with Crippen molar-refractivity contribution in [2.45, 2.75) is 12.8 Å². The number of rotatable bonds is 1. The van der Waals surface area contributed by atoms with Crippen LogP contribution in [0.1, 0.15) is 18.7 Å². The van der Waals surface area contributed by atoms with Gasteiger partial charge < -0.3 is 11.1 Å². The van der Waals surface area contributed by atoms with Crippen LogP contribution in [0, 0.1) is 5.92 Å². The second kappa shape index (κ2) is 2.99. The fraction of sp³-hybridized carbons (Fsp3) is 0.750. The molecule has 1 fully saturated rings. The van der Waals surface area contributed by atoms with Crippen LogP contribution in [-0.2, 0) is 7.05 Å². The van der Waals surface area contributed by atoms with Crippen molar-refractivity contribution >= 4 is 5.95 Å². The minimum absolute atomic E-state index is 0.420. The van der Waals surface area contributed by atoms with Crippen LogP contribution in [0.5, 0.6) is 0 Å². The number of hydrogen-bond acceptors (Lipinski definition) is 4. The fourth-order valence-corrected chi connectivity index (χ4v) is 1.73. The summed E-state index contributed by atoms with van der Waals surface area (Å²) in [5.41, 5.74) is 5.62. The molecule has 0 radical (unpaired) electrons. The third kappa shape index (κ3) is 1.39. The number of hydrogen-bond donors (Lipinski definition) is 2. The first kappa shape index (κ1) is 8.50. The summed E-state index contributed by atoms with van der Waals surface area (Å²) in [6.07, 6.45) is 0. The van der Waals surface area contributed by atoms with Gasteiger partial charge in [0.2, 0.25) is 5.95 Å². The van der Waals surface area contributed by atoms with Gasteiger partial charge in [-0.05, 0) is 12.5 Å². The molecule has 3 N–H and O–H groups in total. The van der Waals surface area contributed by atoms with E-state index in [9.17, 15) is 0 Å². The minimum atomic E-state index is 0.420. The van der Waals surface area contributed by atoms with Gasteiger partial charge in [0.05, 0.1) is 0 Å². The molecule has 2 atom stereocenters. The van der Waals surface area contributed by atoms with Crippen LogP contribution < -0.4 is 11.1 Å². The zero-order valence-electron chi connectivity index (χ0n) is 7.99. The Balaban J connectivity index is 2.24. The molecule has 1 aliphatic heterocycles. The Morgan fingerprint density at radius 3 is 2.77 bits per heavy atom. The molecule has 0 saturated carbocycles. The van der Waals surface area contributed by atoms with E-state index < -0.39 is 0 Å². The van der Waals surface area contributed by atoms with E-state index in [0.717, 1.165) is 18.9 Å². The number of nitrogens with two attached hydrogens (primary N) is 1. The standard InChI is InChI=1S/C8H15N5/c1-5-3-10-4-6(5)7-11-8(9)13(2)12-7/h5-6,10H,3-4H2,1-2H3,(H2,9,11,12)/t5-,6-/m1/s1. The summed E-state index contributed by atoms with van der Waals surface area (Å²) in [6.45, 7) is 4.21. The predicted octanol–water partition coefficient (Wildman–Crippen LogP) is -0.280. The lowest BCUT2D eigenvalue weighted by atomic mass is 9.98. The number of aryl methyl sites for hydroxylation is 1. The largest absolute Gasteiger partial charge is 0.368 e. The van der Waals surface area contributed by atoms with Crippen LogP contribution in [0.25, 0.3) is 0 Å². The van der Waals surface area contributed by atoms with Crippen molar-refractivity contribution in [2.24, 2.45) is 13.0 Å². The molecule has 5 nitrogen and oxygen atoms in total. The van der Waals surface area contributed by atoms with Gasteiger partial charge in [-0.2, -0.15) is 10.1 Å². The Morgan fingerprint density at radius 1 is 1.54 bits per heavy atom. The maximum absolute atomic E-state index is 5.62. The van der Waals surface area contributed by atoms with Gasteiger partial charge in [-0.25, -0.2) is 4.68 Å². The van der Waals surface area contributed by atoms with Gasteiger partial charge in [-0.15, -0.1) is 0 Å². The molecule has 0 aromatic carbocycles. The maximum Gasteiger partial charge on any atom is 0.218 e. The molecule has 0 aliphatic carbocycles. The smallest absolute Gasteiger partial charge is 0.218 e. The van der Waals surface area contributed by atoms with E-state index in [0.29, 0.717) is 17.8 Å². The number of aromatic nitrogens is 3. The zero-order chi connectivity index (χ0) is 9.42. The molecule has 1 aromatic heterocycles. The Hall–Kier alpha value is -1.10. The van der Waals surface area contributed by atoms with Crippen LogP contribution in [-0.4, -0.2) is 27.9 Å². The van der Waals surface area contributed by atoms with Crippen molar-refractivity contribution in [3.05, 3.63) is 5.82 Å². The number of nitrogens with zero attached hydrogens (tertiary/aromatic N) is 3. The molecule has 2 heterocycles. The van der Waals surface area contributed by atoms with Gasteiger partial charge in [0.25, 0.3) is 0 Å². The van der Waals surface area contributed by atoms with E-state index in [2.05, 4.69) is 22.3 Å². The second-order valence-corrected chi connectivity index (χ2v) is 3.69. The van der Waals surface area contributed by atoms with Crippen molar-refractivity contribution in [1.29, 1.82) is 0 Å². The first-order valence-corrected chi connectivity index (χ1v) is 4.55. The van der Waals surface area contributed by atoms with Crippen LogP contribution in [0.15, 0.2) is 0 Å². The van der Waals surface area contributed by atoms with Crippen molar-refractivity contribution in [2.75, 3.05) is 18.8 Å². The summed E-state index contributed by atoms with van der Waals surface area (Å²) in [6, 6.07) is 0. The molecule has 0 bridgehead atoms. The maximum atomic E-state index is 5.62. The van der Waals surface area contributed by atoms with Crippen LogP contribution >= 0.6 is 0 Å². The summed E-state index contributed by atoms with van der Waals surface area (Å²) in [5, 5.41) is 7.60. The monoisotopic (exact) mass is 181 g/mol. The molecule has 0 unspecified atom stereocenters. The Kier molecular flexibility index (Phi) is 1.95. The molecule has 72 valence electrons.